The van der Waals surface area contributed by atoms with Crippen molar-refractivity contribution in [1.82, 2.24) is 5.32 Å². The molecule has 3 N–H and O–H groups in total. The molecule has 2 atom stereocenters. The van der Waals surface area contributed by atoms with Gasteiger partial charge in [-0.15, -0.1) is 0 Å². The van der Waals surface area contributed by atoms with Gasteiger partial charge in [-0.25, -0.2) is 0 Å². The second-order valence-electron chi connectivity index (χ2n) is 20.3. The Balaban J connectivity index is 3.46. The van der Waals surface area contributed by atoms with E-state index in [0.29, 0.717) is 19.4 Å². The molecule has 0 radical (unpaired) electrons. The highest BCUT2D eigenvalue weighted by Gasteiger charge is 2.18. The molecule has 0 aliphatic carbocycles. The molecule has 6 nitrogen and oxygen atoms in total. The molecule has 0 aromatic heterocycles. The monoisotopic (exact) mass is 918 g/mol. The van der Waals surface area contributed by atoms with Gasteiger partial charge in [-0.05, 0) is 32.1 Å². The van der Waals surface area contributed by atoms with Crippen molar-refractivity contribution in [3.63, 3.8) is 0 Å². The molecule has 2 unspecified atom stereocenters. The highest BCUT2D eigenvalue weighted by atomic mass is 16.5. The molecule has 0 heterocycles. The number of amides is 1. The van der Waals surface area contributed by atoms with Crippen LogP contribution in [0.3, 0.4) is 0 Å². The summed E-state index contributed by atoms with van der Waals surface area (Å²) in [6.07, 6.45) is 65.2. The van der Waals surface area contributed by atoms with E-state index in [9.17, 15) is 19.8 Å². The Hall–Kier alpha value is -1.40. The van der Waals surface area contributed by atoms with Crippen molar-refractivity contribution in [2.24, 2.45) is 0 Å². The molecule has 65 heavy (non-hydrogen) atoms. The van der Waals surface area contributed by atoms with Gasteiger partial charge in [0, 0.05) is 12.8 Å². The maximum atomic E-state index is 12.5. The van der Waals surface area contributed by atoms with Crippen molar-refractivity contribution >= 4 is 11.9 Å². The molecule has 0 saturated carbocycles. The van der Waals surface area contributed by atoms with E-state index in [1.54, 1.807) is 6.08 Å². The molecule has 386 valence electrons. The lowest BCUT2D eigenvalue weighted by molar-refractivity contribution is -0.143. The zero-order valence-corrected chi connectivity index (χ0v) is 44.0. The average molecular weight is 919 g/mol. The zero-order valence-electron chi connectivity index (χ0n) is 44.0. The first-order valence-corrected chi connectivity index (χ1v) is 29.5. The van der Waals surface area contributed by atoms with Gasteiger partial charge in [-0.2, -0.15) is 0 Å². The van der Waals surface area contributed by atoms with Crippen LogP contribution in [0.2, 0.25) is 0 Å². The first-order valence-electron chi connectivity index (χ1n) is 29.5. The van der Waals surface area contributed by atoms with E-state index in [4.69, 9.17) is 4.74 Å². The number of nitrogens with one attached hydrogen (secondary N) is 1. The average Bonchev–Trinajstić information content (AvgIpc) is 3.31. The summed E-state index contributed by atoms with van der Waals surface area (Å²) in [5, 5.41) is 23.2. The summed E-state index contributed by atoms with van der Waals surface area (Å²) in [5.74, 6) is -0.0719. The molecule has 0 aliphatic rings. The lowest BCUT2D eigenvalue weighted by Gasteiger charge is -2.20. The molecule has 0 saturated heterocycles. The van der Waals surface area contributed by atoms with Crippen molar-refractivity contribution in [2.45, 2.75) is 341 Å². The molecule has 0 aromatic rings. The summed E-state index contributed by atoms with van der Waals surface area (Å²) in [7, 11) is 0. The summed E-state index contributed by atoms with van der Waals surface area (Å²) in [6.45, 7) is 4.91. The molecule has 0 aliphatic heterocycles. The van der Waals surface area contributed by atoms with Crippen molar-refractivity contribution < 1.29 is 24.5 Å². The summed E-state index contributed by atoms with van der Waals surface area (Å²) in [6, 6.07) is -0.634. The molecular formula is C59H115NO5. The van der Waals surface area contributed by atoms with Crippen LogP contribution in [0.5, 0.6) is 0 Å². The second kappa shape index (κ2) is 55.2. The first-order chi connectivity index (χ1) is 32.0. The number of hydrogen-bond acceptors (Lipinski definition) is 5. The number of hydrogen-bond donors (Lipinski definition) is 3. The number of carbonyl (C=O) groups excluding carboxylic acids is 2. The number of esters is 1. The summed E-state index contributed by atoms with van der Waals surface area (Å²) in [4.78, 5) is 24.5. The molecule has 0 aromatic carbocycles. The van der Waals surface area contributed by atoms with E-state index in [0.717, 1.165) is 44.9 Å². The van der Waals surface area contributed by atoms with Gasteiger partial charge in [-0.3, -0.25) is 9.59 Å². The highest BCUT2D eigenvalue weighted by Crippen LogP contribution is 2.17. The van der Waals surface area contributed by atoms with Crippen molar-refractivity contribution in [3.8, 4) is 0 Å². The van der Waals surface area contributed by atoms with E-state index < -0.39 is 12.1 Å². The number of unbranched alkanes of at least 4 members (excludes halogenated alkanes) is 44. The summed E-state index contributed by atoms with van der Waals surface area (Å²) < 4.78 is 5.46. The van der Waals surface area contributed by atoms with E-state index >= 15 is 0 Å². The van der Waals surface area contributed by atoms with E-state index in [1.807, 2.05) is 6.08 Å². The summed E-state index contributed by atoms with van der Waals surface area (Å²) in [5.41, 5.74) is 0. The number of ether oxygens (including phenoxy) is 1. The quantitative estimate of drug-likeness (QED) is 0.0321. The number of carbonyl (C=O) groups is 2. The third-order valence-corrected chi connectivity index (χ3v) is 13.8. The highest BCUT2D eigenvalue weighted by molar-refractivity contribution is 5.76. The standard InChI is InChI=1S/C59H115NO5/c1-3-5-7-9-11-13-15-17-18-19-20-21-22-23-25-28-31-35-39-43-47-51-57(62)56(55-61)60-58(63)52-48-44-40-36-32-29-26-24-27-30-34-38-42-46-50-54-65-59(64)53-49-45-41-37-33-16-14-12-10-8-6-4-2/h47,51,56-57,61-62H,3-46,48-50,52-55H2,1-2H3,(H,60,63)/b51-47+. The Morgan fingerprint density at radius 3 is 1.05 bits per heavy atom. The number of aliphatic hydroxyl groups is 2. The van der Waals surface area contributed by atoms with Gasteiger partial charge < -0.3 is 20.3 Å². The van der Waals surface area contributed by atoms with Crippen LogP contribution < -0.4 is 5.32 Å². The number of rotatable bonds is 55. The Kier molecular flexibility index (Phi) is 54.0. The molecule has 0 spiro atoms. The Labute approximate surface area is 406 Å². The minimum atomic E-state index is -0.850. The van der Waals surface area contributed by atoms with Crippen molar-refractivity contribution in [3.05, 3.63) is 12.2 Å². The van der Waals surface area contributed by atoms with Gasteiger partial charge in [0.05, 0.1) is 25.4 Å². The van der Waals surface area contributed by atoms with Crippen molar-refractivity contribution in [2.75, 3.05) is 13.2 Å². The van der Waals surface area contributed by atoms with Gasteiger partial charge >= 0.3 is 5.97 Å². The number of aliphatic hydroxyl groups excluding tert-OH is 2. The van der Waals surface area contributed by atoms with Crippen LogP contribution in [0.1, 0.15) is 328 Å². The molecule has 0 fully saturated rings. The Bertz CT molecular complexity index is 970. The fourth-order valence-electron chi connectivity index (χ4n) is 9.28. The zero-order chi connectivity index (χ0) is 47.2. The Morgan fingerprint density at radius 2 is 0.708 bits per heavy atom. The minimum Gasteiger partial charge on any atom is -0.466 e. The third kappa shape index (κ3) is 51.8. The molecule has 0 rings (SSSR count). The molecule has 6 heteroatoms. The van der Waals surface area contributed by atoms with Gasteiger partial charge in [-0.1, -0.05) is 296 Å². The van der Waals surface area contributed by atoms with Crippen molar-refractivity contribution in [1.29, 1.82) is 0 Å². The molecular weight excluding hydrogens is 803 g/mol. The lowest BCUT2D eigenvalue weighted by Crippen LogP contribution is -2.45. The predicted octanol–water partition coefficient (Wildman–Crippen LogP) is 18.1. The van der Waals surface area contributed by atoms with E-state index in [-0.39, 0.29) is 18.5 Å². The maximum Gasteiger partial charge on any atom is 0.305 e. The van der Waals surface area contributed by atoms with Gasteiger partial charge in [0.15, 0.2) is 0 Å². The first kappa shape index (κ1) is 63.6. The third-order valence-electron chi connectivity index (χ3n) is 13.8. The fraction of sp³-hybridized carbons (Fsp3) is 0.932. The Morgan fingerprint density at radius 1 is 0.415 bits per heavy atom. The largest absolute Gasteiger partial charge is 0.466 e. The molecule has 1 amide bonds. The van der Waals surface area contributed by atoms with E-state index in [1.165, 1.54) is 257 Å². The topological polar surface area (TPSA) is 95.9 Å². The lowest BCUT2D eigenvalue weighted by atomic mass is 10.0. The minimum absolute atomic E-state index is 0.00100. The van der Waals surface area contributed by atoms with Crippen LogP contribution >= 0.6 is 0 Å². The summed E-state index contributed by atoms with van der Waals surface area (Å²) >= 11 is 0. The smallest absolute Gasteiger partial charge is 0.305 e. The van der Waals surface area contributed by atoms with Crippen LogP contribution in [0.4, 0.5) is 0 Å². The molecule has 0 bridgehead atoms. The maximum absolute atomic E-state index is 12.5. The van der Waals surface area contributed by atoms with E-state index in [2.05, 4.69) is 19.2 Å². The van der Waals surface area contributed by atoms with Crippen LogP contribution in [-0.4, -0.2) is 47.4 Å². The SMILES string of the molecule is CCCCCCCCCCCCCCCCCCCCC/C=C/C(O)C(CO)NC(=O)CCCCCCCCCCCCCCCCCOC(=O)CCCCCCCCCCCCCC. The van der Waals surface area contributed by atoms with Crippen LogP contribution in [0.15, 0.2) is 12.2 Å². The van der Waals surface area contributed by atoms with Gasteiger partial charge in [0.25, 0.3) is 0 Å². The van der Waals surface area contributed by atoms with Gasteiger partial charge in [0.2, 0.25) is 5.91 Å². The van der Waals surface area contributed by atoms with Gasteiger partial charge in [0.1, 0.15) is 0 Å². The predicted molar refractivity (Wildman–Crippen MR) is 283 cm³/mol. The normalized spacial score (nSPS) is 12.6. The second-order valence-corrected chi connectivity index (χ2v) is 20.3. The number of allylic oxidation sites excluding steroid dienone is 1. The fourth-order valence-corrected chi connectivity index (χ4v) is 9.28. The van der Waals surface area contributed by atoms with Crippen LogP contribution in [-0.2, 0) is 14.3 Å². The van der Waals surface area contributed by atoms with Crippen LogP contribution in [0.25, 0.3) is 0 Å². The van der Waals surface area contributed by atoms with Crippen LogP contribution in [0, 0.1) is 0 Å².